The van der Waals surface area contributed by atoms with Crippen LogP contribution in [0.5, 0.6) is 0 Å². The summed E-state index contributed by atoms with van der Waals surface area (Å²) in [6, 6.07) is 0. The third-order valence-corrected chi connectivity index (χ3v) is 9.92. The van der Waals surface area contributed by atoms with Gasteiger partial charge in [-0.05, 0) is 31.8 Å². The van der Waals surface area contributed by atoms with Crippen LogP contribution in [0.15, 0.2) is 12.7 Å². The molecule has 0 aromatic carbocycles. The Bertz CT molecular complexity index is 506. The maximum absolute atomic E-state index is 4.08. The number of halogens is 1. The highest BCUT2D eigenvalue weighted by molar-refractivity contribution is 4.66. The average Bonchev–Trinajstić information content (AvgIpc) is 2.98. The van der Waals surface area contributed by atoms with Gasteiger partial charge in [-0.1, -0.05) is 207 Å². The summed E-state index contributed by atoms with van der Waals surface area (Å²) in [5.41, 5.74) is 0. The highest BCUT2D eigenvalue weighted by atomic mass is 35.5. The lowest BCUT2D eigenvalue weighted by molar-refractivity contribution is -0.904. The van der Waals surface area contributed by atoms with Crippen LogP contribution in [-0.2, 0) is 0 Å². The normalized spacial score (nSPS) is 12.7. The Morgan fingerprint density at radius 3 is 0.721 bits per heavy atom. The molecule has 0 radical (unpaired) electrons. The van der Waals surface area contributed by atoms with Crippen molar-refractivity contribution in [1.82, 2.24) is 0 Å². The lowest BCUT2D eigenvalue weighted by Crippen LogP contribution is -3.00. The SMILES string of the molecule is C=CC[N+](C)(CCCCCCCCCCCCCCCCCC)CCCCCCCCCCCCCCCCCCC.[Cl-]. The zero-order valence-corrected chi connectivity index (χ0v) is 31.3. The van der Waals surface area contributed by atoms with Gasteiger partial charge in [0, 0.05) is 0 Å². The zero-order chi connectivity index (χ0) is 30.7. The fourth-order valence-electron chi connectivity index (χ4n) is 6.87. The fraction of sp³-hybridized carbons (Fsp3) is 0.951. The van der Waals surface area contributed by atoms with E-state index >= 15 is 0 Å². The number of hydrogen-bond acceptors (Lipinski definition) is 0. The second-order valence-electron chi connectivity index (χ2n) is 14.5. The molecule has 0 saturated carbocycles. The molecule has 0 aliphatic heterocycles. The highest BCUT2D eigenvalue weighted by Gasteiger charge is 2.18. The third kappa shape index (κ3) is 36.3. The molecule has 1 nitrogen and oxygen atoms in total. The van der Waals surface area contributed by atoms with Gasteiger partial charge < -0.3 is 16.9 Å². The molecule has 0 aromatic rings. The van der Waals surface area contributed by atoms with E-state index in [9.17, 15) is 0 Å². The number of likely N-dealkylation sites (N-methyl/N-ethyl adjacent to an activating group) is 1. The van der Waals surface area contributed by atoms with Gasteiger partial charge in [-0.25, -0.2) is 0 Å². The molecule has 0 heterocycles. The summed E-state index contributed by atoms with van der Waals surface area (Å²) in [6.45, 7) is 12.6. The number of rotatable bonds is 37. The van der Waals surface area contributed by atoms with Crippen molar-refractivity contribution in [2.45, 2.75) is 226 Å². The van der Waals surface area contributed by atoms with Crippen LogP contribution in [-0.4, -0.2) is 31.2 Å². The first-order valence-electron chi connectivity index (χ1n) is 20.1. The van der Waals surface area contributed by atoms with E-state index in [1.165, 1.54) is 229 Å². The molecule has 0 N–H and O–H groups in total. The summed E-state index contributed by atoms with van der Waals surface area (Å²) in [5, 5.41) is 0. The van der Waals surface area contributed by atoms with Gasteiger partial charge in [0.25, 0.3) is 0 Å². The Morgan fingerprint density at radius 1 is 0.349 bits per heavy atom. The van der Waals surface area contributed by atoms with Crippen molar-refractivity contribution < 1.29 is 16.9 Å². The lowest BCUT2D eigenvalue weighted by atomic mass is 10.0. The van der Waals surface area contributed by atoms with Crippen molar-refractivity contribution in [1.29, 1.82) is 0 Å². The summed E-state index contributed by atoms with van der Waals surface area (Å²) in [5.74, 6) is 0. The predicted molar refractivity (Wildman–Crippen MR) is 195 cm³/mol. The molecule has 1 unspecified atom stereocenters. The van der Waals surface area contributed by atoms with Crippen molar-refractivity contribution in [2.24, 2.45) is 0 Å². The average molecular weight is 627 g/mol. The van der Waals surface area contributed by atoms with Crippen LogP contribution in [0.3, 0.4) is 0 Å². The van der Waals surface area contributed by atoms with Crippen molar-refractivity contribution in [3.05, 3.63) is 12.7 Å². The third-order valence-electron chi connectivity index (χ3n) is 9.92. The van der Waals surface area contributed by atoms with Gasteiger partial charge in [0.1, 0.15) is 0 Å². The van der Waals surface area contributed by atoms with Gasteiger partial charge in [-0.3, -0.25) is 0 Å². The van der Waals surface area contributed by atoms with E-state index < -0.39 is 0 Å². The number of hydrogen-bond donors (Lipinski definition) is 0. The first-order valence-corrected chi connectivity index (χ1v) is 20.1. The Morgan fingerprint density at radius 2 is 0.535 bits per heavy atom. The van der Waals surface area contributed by atoms with E-state index in [1.807, 2.05) is 0 Å². The second kappa shape index (κ2) is 38.2. The summed E-state index contributed by atoms with van der Waals surface area (Å²) in [7, 11) is 2.49. The Hall–Kier alpha value is -0.0100. The van der Waals surface area contributed by atoms with Gasteiger partial charge >= 0.3 is 0 Å². The van der Waals surface area contributed by atoms with E-state index in [1.54, 1.807) is 0 Å². The maximum Gasteiger partial charge on any atom is 0.0969 e. The molecule has 0 fully saturated rings. The Labute approximate surface area is 281 Å². The van der Waals surface area contributed by atoms with Crippen molar-refractivity contribution in [3.63, 3.8) is 0 Å². The molecule has 43 heavy (non-hydrogen) atoms. The quantitative estimate of drug-likeness (QED) is 0.0366. The maximum atomic E-state index is 4.08. The second-order valence-corrected chi connectivity index (χ2v) is 14.5. The molecule has 0 aliphatic rings. The number of unbranched alkanes of at least 4 members (excludes halogenated alkanes) is 31. The summed E-state index contributed by atoms with van der Waals surface area (Å²) < 4.78 is 1.22. The zero-order valence-electron chi connectivity index (χ0n) is 30.6. The number of nitrogens with zero attached hydrogens (tertiary/aromatic N) is 1. The molecule has 2 heteroatoms. The van der Waals surface area contributed by atoms with Crippen LogP contribution >= 0.6 is 0 Å². The van der Waals surface area contributed by atoms with Gasteiger partial charge in [-0.15, -0.1) is 0 Å². The van der Waals surface area contributed by atoms with Crippen molar-refractivity contribution in [2.75, 3.05) is 26.7 Å². The van der Waals surface area contributed by atoms with Gasteiger partial charge in [0.05, 0.1) is 26.7 Å². The lowest BCUT2D eigenvalue weighted by Gasteiger charge is -2.34. The number of quaternary nitrogens is 1. The smallest absolute Gasteiger partial charge is 0.0969 e. The minimum absolute atomic E-state index is 0. The van der Waals surface area contributed by atoms with Crippen molar-refractivity contribution >= 4 is 0 Å². The molecular formula is C41H84ClN. The first-order chi connectivity index (χ1) is 20.7. The van der Waals surface area contributed by atoms with Crippen molar-refractivity contribution in [3.8, 4) is 0 Å². The molecule has 1 atom stereocenters. The molecular weight excluding hydrogens is 542 g/mol. The van der Waals surface area contributed by atoms with E-state index in [-0.39, 0.29) is 12.4 Å². The van der Waals surface area contributed by atoms with Gasteiger partial charge in [0.15, 0.2) is 0 Å². The summed E-state index contributed by atoms with van der Waals surface area (Å²) in [4.78, 5) is 0. The minimum Gasteiger partial charge on any atom is -1.00 e. The standard InChI is InChI=1S/C41H84N.ClH/c1-5-8-10-12-14-16-18-20-22-24-26-28-30-32-34-36-38-41-42(4,39-7-3)40-37-35-33-31-29-27-25-23-21-19-17-15-13-11-9-6-2;/h7H,3,5-6,8-41H2,1-2,4H3;1H/q+1;/p-1. The molecule has 0 aliphatic carbocycles. The topological polar surface area (TPSA) is 0 Å². The molecule has 0 bridgehead atoms. The van der Waals surface area contributed by atoms with Gasteiger partial charge in [-0.2, -0.15) is 0 Å². The molecule has 0 rings (SSSR count). The minimum atomic E-state index is 0. The molecule has 0 aromatic heterocycles. The van der Waals surface area contributed by atoms with Crippen LogP contribution < -0.4 is 12.4 Å². The van der Waals surface area contributed by atoms with Crippen LogP contribution in [0.2, 0.25) is 0 Å². The summed E-state index contributed by atoms with van der Waals surface area (Å²) >= 11 is 0. The molecule has 0 saturated heterocycles. The molecule has 0 amide bonds. The Balaban J connectivity index is 0. The molecule has 0 spiro atoms. The highest BCUT2D eigenvalue weighted by Crippen LogP contribution is 2.17. The van der Waals surface area contributed by atoms with Crippen LogP contribution in [0.1, 0.15) is 226 Å². The van der Waals surface area contributed by atoms with E-state index in [0.29, 0.717) is 0 Å². The Kier molecular flexibility index (Phi) is 40.0. The van der Waals surface area contributed by atoms with Crippen LogP contribution in [0.4, 0.5) is 0 Å². The van der Waals surface area contributed by atoms with Crippen LogP contribution in [0.25, 0.3) is 0 Å². The molecule has 260 valence electrons. The van der Waals surface area contributed by atoms with E-state index in [2.05, 4.69) is 33.6 Å². The fourth-order valence-corrected chi connectivity index (χ4v) is 6.87. The van der Waals surface area contributed by atoms with Crippen LogP contribution in [0, 0.1) is 0 Å². The van der Waals surface area contributed by atoms with E-state index in [0.717, 1.165) is 6.54 Å². The predicted octanol–water partition coefficient (Wildman–Crippen LogP) is 11.5. The summed E-state index contributed by atoms with van der Waals surface area (Å²) in [6.07, 6.45) is 50.2. The van der Waals surface area contributed by atoms with E-state index in [4.69, 9.17) is 0 Å². The largest absolute Gasteiger partial charge is 1.00 e. The van der Waals surface area contributed by atoms with Gasteiger partial charge in [0.2, 0.25) is 0 Å². The first kappa shape index (κ1) is 45.1. The monoisotopic (exact) mass is 626 g/mol.